The van der Waals surface area contributed by atoms with Crippen LogP contribution in [0.2, 0.25) is 0 Å². The lowest BCUT2D eigenvalue weighted by Crippen LogP contribution is -2.36. The van der Waals surface area contributed by atoms with Crippen LogP contribution in [0.4, 0.5) is 0 Å². The fourth-order valence-corrected chi connectivity index (χ4v) is 3.76. The molecule has 5 heteroatoms. The zero-order chi connectivity index (χ0) is 13.5. The van der Waals surface area contributed by atoms with Crippen LogP contribution in [0.5, 0.6) is 0 Å². The maximum Gasteiger partial charge on any atom is 0.262 e. The van der Waals surface area contributed by atoms with Gasteiger partial charge in [0, 0.05) is 19.1 Å². The van der Waals surface area contributed by atoms with Crippen molar-refractivity contribution < 1.29 is 0 Å². The smallest absolute Gasteiger partial charge is 0.262 e. The Bertz CT molecular complexity index is 657. The van der Waals surface area contributed by atoms with E-state index in [1.165, 1.54) is 37.0 Å². The monoisotopic (exact) mass is 289 g/mol. The Labute approximate surface area is 121 Å². The summed E-state index contributed by atoms with van der Waals surface area (Å²) in [7, 11) is 0. The van der Waals surface area contributed by atoms with Gasteiger partial charge in [0.25, 0.3) is 5.56 Å². The summed E-state index contributed by atoms with van der Waals surface area (Å²) < 4.78 is 1.74. The summed E-state index contributed by atoms with van der Waals surface area (Å²) in [5.74, 6) is 1.80. The van der Waals surface area contributed by atoms with Crippen molar-refractivity contribution in [2.75, 3.05) is 6.54 Å². The van der Waals surface area contributed by atoms with Crippen LogP contribution in [-0.2, 0) is 6.54 Å². The highest BCUT2D eigenvalue weighted by Crippen LogP contribution is 2.44. The molecule has 0 unspecified atom stereocenters. The van der Waals surface area contributed by atoms with E-state index in [1.807, 2.05) is 11.4 Å². The lowest BCUT2D eigenvalue weighted by atomic mass is 10.1. The van der Waals surface area contributed by atoms with Gasteiger partial charge in [0.2, 0.25) is 0 Å². The highest BCUT2D eigenvalue weighted by molar-refractivity contribution is 7.16. The lowest BCUT2D eigenvalue weighted by Gasteiger charge is -2.17. The van der Waals surface area contributed by atoms with Crippen molar-refractivity contribution in [2.24, 2.45) is 11.8 Å². The second-order valence-electron chi connectivity index (χ2n) is 6.04. The third-order valence-corrected chi connectivity index (χ3v) is 5.26. The zero-order valence-electron chi connectivity index (χ0n) is 11.4. The van der Waals surface area contributed by atoms with E-state index in [1.54, 1.807) is 10.9 Å². The van der Waals surface area contributed by atoms with Crippen molar-refractivity contribution in [3.05, 3.63) is 28.1 Å². The van der Waals surface area contributed by atoms with Gasteiger partial charge in [-0.2, -0.15) is 0 Å². The summed E-state index contributed by atoms with van der Waals surface area (Å²) in [6, 6.07) is 2.57. The van der Waals surface area contributed by atoms with Gasteiger partial charge in [-0.05, 0) is 49.0 Å². The van der Waals surface area contributed by atoms with E-state index < -0.39 is 0 Å². The fourth-order valence-electron chi connectivity index (χ4n) is 3.03. The lowest BCUT2D eigenvalue weighted by molar-refractivity contribution is 0.405. The van der Waals surface area contributed by atoms with Crippen molar-refractivity contribution in [3.8, 4) is 0 Å². The number of hydrogen-bond acceptors (Lipinski definition) is 4. The zero-order valence-corrected chi connectivity index (χ0v) is 12.2. The van der Waals surface area contributed by atoms with Crippen LogP contribution in [-0.4, -0.2) is 22.1 Å². The van der Waals surface area contributed by atoms with E-state index in [4.69, 9.17) is 0 Å². The van der Waals surface area contributed by atoms with Gasteiger partial charge in [-0.15, -0.1) is 11.3 Å². The molecule has 4 rings (SSSR count). The molecule has 2 aliphatic rings. The summed E-state index contributed by atoms with van der Waals surface area (Å²) >= 11 is 1.52. The third kappa shape index (κ3) is 2.40. The Morgan fingerprint density at radius 2 is 2.10 bits per heavy atom. The molecular formula is C15H19N3OS. The van der Waals surface area contributed by atoms with Crippen LogP contribution in [0, 0.1) is 11.8 Å². The van der Waals surface area contributed by atoms with Crippen molar-refractivity contribution in [1.29, 1.82) is 0 Å². The van der Waals surface area contributed by atoms with Crippen molar-refractivity contribution in [1.82, 2.24) is 14.9 Å². The molecule has 0 atom stereocenters. The molecule has 2 saturated carbocycles. The molecular weight excluding hydrogens is 270 g/mol. The highest BCUT2D eigenvalue weighted by atomic mass is 32.1. The minimum Gasteiger partial charge on any atom is -0.312 e. The summed E-state index contributed by atoms with van der Waals surface area (Å²) in [5, 5.41) is 6.35. The summed E-state index contributed by atoms with van der Waals surface area (Å²) in [6.07, 6.45) is 7.23. The number of nitrogens with one attached hydrogen (secondary N) is 1. The predicted molar refractivity (Wildman–Crippen MR) is 81.1 cm³/mol. The first-order valence-electron chi connectivity index (χ1n) is 7.49. The molecule has 106 valence electrons. The summed E-state index contributed by atoms with van der Waals surface area (Å²) in [6.45, 7) is 1.59. The number of rotatable bonds is 6. The van der Waals surface area contributed by atoms with Crippen LogP contribution in [0.25, 0.3) is 10.2 Å². The van der Waals surface area contributed by atoms with Gasteiger partial charge in [0.15, 0.2) is 0 Å². The molecule has 0 aliphatic heterocycles. The molecule has 2 aliphatic carbocycles. The van der Waals surface area contributed by atoms with E-state index in [2.05, 4.69) is 10.3 Å². The van der Waals surface area contributed by atoms with Gasteiger partial charge in [-0.3, -0.25) is 9.36 Å². The van der Waals surface area contributed by atoms with E-state index in [-0.39, 0.29) is 5.56 Å². The number of hydrogen-bond donors (Lipinski definition) is 1. The van der Waals surface area contributed by atoms with Gasteiger partial charge in [0.05, 0.1) is 11.7 Å². The average molecular weight is 289 g/mol. The molecule has 0 aromatic carbocycles. The first kappa shape index (κ1) is 12.5. The summed E-state index contributed by atoms with van der Waals surface area (Å²) in [4.78, 5) is 17.4. The second kappa shape index (κ2) is 4.97. The Balaban J connectivity index is 1.42. The molecule has 0 radical (unpaired) electrons. The van der Waals surface area contributed by atoms with Crippen LogP contribution in [0.15, 0.2) is 22.6 Å². The first-order chi connectivity index (χ1) is 9.83. The third-order valence-electron chi connectivity index (χ3n) is 4.44. The molecule has 0 amide bonds. The Morgan fingerprint density at radius 3 is 2.80 bits per heavy atom. The van der Waals surface area contributed by atoms with Crippen molar-refractivity contribution >= 4 is 21.6 Å². The number of fused-ring (bicyclic) bond motifs is 1. The molecule has 0 saturated heterocycles. The Kier molecular flexibility index (Phi) is 3.11. The van der Waals surface area contributed by atoms with Gasteiger partial charge in [-0.25, -0.2) is 4.98 Å². The Morgan fingerprint density at radius 1 is 1.35 bits per heavy atom. The number of thiophene rings is 1. The molecule has 0 bridgehead atoms. The van der Waals surface area contributed by atoms with Gasteiger partial charge < -0.3 is 5.32 Å². The minimum absolute atomic E-state index is 0.0902. The van der Waals surface area contributed by atoms with E-state index >= 15 is 0 Å². The molecule has 2 fully saturated rings. The van der Waals surface area contributed by atoms with Gasteiger partial charge >= 0.3 is 0 Å². The van der Waals surface area contributed by atoms with Crippen LogP contribution in [0.1, 0.15) is 25.7 Å². The second-order valence-corrected chi connectivity index (χ2v) is 6.93. The summed E-state index contributed by atoms with van der Waals surface area (Å²) in [5.41, 5.74) is 0.0902. The molecule has 2 heterocycles. The van der Waals surface area contributed by atoms with Crippen molar-refractivity contribution in [2.45, 2.75) is 38.3 Å². The van der Waals surface area contributed by atoms with E-state index in [0.29, 0.717) is 12.6 Å². The first-order valence-corrected chi connectivity index (χ1v) is 8.37. The minimum atomic E-state index is 0.0902. The van der Waals surface area contributed by atoms with Crippen LogP contribution >= 0.6 is 11.3 Å². The number of nitrogens with zero attached hydrogens (tertiary/aromatic N) is 2. The van der Waals surface area contributed by atoms with E-state index in [0.717, 1.165) is 28.6 Å². The van der Waals surface area contributed by atoms with Crippen LogP contribution in [0.3, 0.4) is 0 Å². The largest absolute Gasteiger partial charge is 0.312 e. The molecule has 20 heavy (non-hydrogen) atoms. The molecule has 1 N–H and O–H groups in total. The predicted octanol–water partition coefficient (Wildman–Crippen LogP) is 2.24. The molecule has 2 aromatic heterocycles. The SMILES string of the molecule is O=c1c2ccsc2ncn1CCNC(C1CC1)C1CC1. The van der Waals surface area contributed by atoms with Crippen LogP contribution < -0.4 is 10.9 Å². The van der Waals surface area contributed by atoms with Gasteiger partial charge in [-0.1, -0.05) is 0 Å². The highest BCUT2D eigenvalue weighted by Gasteiger charge is 2.40. The molecule has 4 nitrogen and oxygen atoms in total. The molecule has 0 spiro atoms. The maximum atomic E-state index is 12.3. The topological polar surface area (TPSA) is 46.9 Å². The quantitative estimate of drug-likeness (QED) is 0.887. The normalized spacial score (nSPS) is 19.1. The standard InChI is InChI=1S/C15H19N3OS/c19-15-12-5-8-20-14(12)17-9-18(15)7-6-16-13(10-1-2-10)11-3-4-11/h5,8-11,13,16H,1-4,6-7H2. The maximum absolute atomic E-state index is 12.3. The number of aromatic nitrogens is 2. The van der Waals surface area contributed by atoms with Crippen molar-refractivity contribution in [3.63, 3.8) is 0 Å². The Hall–Kier alpha value is -1.20. The fraction of sp³-hybridized carbons (Fsp3) is 0.600. The van der Waals surface area contributed by atoms with Gasteiger partial charge in [0.1, 0.15) is 4.83 Å². The van der Waals surface area contributed by atoms with E-state index in [9.17, 15) is 4.79 Å². The average Bonchev–Trinajstić information content (AvgIpc) is 3.37. The molecule has 2 aromatic rings.